The summed E-state index contributed by atoms with van der Waals surface area (Å²) in [7, 11) is 5.02. The molecule has 1 N–H and O–H groups in total. The molecular formula is C20H22ClNO5. The second-order valence-electron chi connectivity index (χ2n) is 6.69. The summed E-state index contributed by atoms with van der Waals surface area (Å²) in [5, 5.41) is 3.64. The molecule has 27 heavy (non-hydrogen) atoms. The van der Waals surface area contributed by atoms with Crippen molar-refractivity contribution >= 4 is 12.4 Å². The number of rotatable bonds is 3. The van der Waals surface area contributed by atoms with Crippen molar-refractivity contribution in [3.05, 3.63) is 28.8 Å². The molecule has 0 fully saturated rings. The lowest BCUT2D eigenvalue weighted by Gasteiger charge is -2.36. The second kappa shape index (κ2) is 6.69. The SMILES string of the molecule is COc1cc2c(cc1OC)-c1c3c(c(OC)c4c1C(C2)NCC4)OCO3.Cl. The van der Waals surface area contributed by atoms with Gasteiger partial charge in [0, 0.05) is 17.2 Å². The van der Waals surface area contributed by atoms with Crippen molar-refractivity contribution < 1.29 is 23.7 Å². The third kappa shape index (κ3) is 2.43. The molecule has 3 aliphatic rings. The molecule has 0 bridgehead atoms. The number of methoxy groups -OCH3 is 3. The Kier molecular flexibility index (Phi) is 4.48. The van der Waals surface area contributed by atoms with Crippen LogP contribution < -0.4 is 29.0 Å². The molecule has 5 rings (SSSR count). The minimum atomic E-state index is 0. The molecule has 1 aliphatic carbocycles. The smallest absolute Gasteiger partial charge is 0.231 e. The first kappa shape index (κ1) is 18.1. The molecule has 0 saturated carbocycles. The molecule has 7 heteroatoms. The van der Waals surface area contributed by atoms with Crippen LogP contribution in [0.3, 0.4) is 0 Å². The molecular weight excluding hydrogens is 370 g/mol. The molecule has 1 atom stereocenters. The van der Waals surface area contributed by atoms with Crippen LogP contribution >= 0.6 is 12.4 Å². The highest BCUT2D eigenvalue weighted by molar-refractivity contribution is 5.87. The molecule has 0 radical (unpaired) electrons. The third-order valence-corrected chi connectivity index (χ3v) is 5.54. The lowest BCUT2D eigenvalue weighted by atomic mass is 9.76. The van der Waals surface area contributed by atoms with Crippen LogP contribution in [0.25, 0.3) is 11.1 Å². The zero-order valence-electron chi connectivity index (χ0n) is 15.5. The summed E-state index contributed by atoms with van der Waals surface area (Å²) in [5.41, 5.74) is 5.90. The van der Waals surface area contributed by atoms with E-state index in [0.717, 1.165) is 47.8 Å². The molecule has 2 aromatic rings. The number of halogens is 1. The van der Waals surface area contributed by atoms with Crippen molar-refractivity contribution in [1.29, 1.82) is 0 Å². The predicted octanol–water partition coefficient (Wildman–Crippen LogP) is 3.27. The van der Waals surface area contributed by atoms with E-state index in [0.29, 0.717) is 11.5 Å². The average Bonchev–Trinajstić information content (AvgIpc) is 3.16. The van der Waals surface area contributed by atoms with Crippen LogP contribution in [-0.4, -0.2) is 34.7 Å². The molecule has 2 aromatic carbocycles. The van der Waals surface area contributed by atoms with Crippen molar-refractivity contribution in [1.82, 2.24) is 5.32 Å². The maximum atomic E-state index is 5.90. The average molecular weight is 392 g/mol. The van der Waals surface area contributed by atoms with E-state index in [4.69, 9.17) is 23.7 Å². The fraction of sp³-hybridized carbons (Fsp3) is 0.400. The van der Waals surface area contributed by atoms with Crippen molar-refractivity contribution in [2.24, 2.45) is 0 Å². The van der Waals surface area contributed by atoms with Crippen LogP contribution in [0.4, 0.5) is 0 Å². The van der Waals surface area contributed by atoms with E-state index in [2.05, 4.69) is 11.4 Å². The maximum Gasteiger partial charge on any atom is 0.231 e. The van der Waals surface area contributed by atoms with Gasteiger partial charge in [0.2, 0.25) is 12.5 Å². The summed E-state index contributed by atoms with van der Waals surface area (Å²) in [6.45, 7) is 1.12. The van der Waals surface area contributed by atoms with Gasteiger partial charge in [-0.3, -0.25) is 0 Å². The normalized spacial score (nSPS) is 18.1. The van der Waals surface area contributed by atoms with E-state index in [1.54, 1.807) is 21.3 Å². The zero-order chi connectivity index (χ0) is 17.8. The van der Waals surface area contributed by atoms with Crippen molar-refractivity contribution in [2.45, 2.75) is 18.9 Å². The third-order valence-electron chi connectivity index (χ3n) is 5.54. The summed E-state index contributed by atoms with van der Waals surface area (Å²) in [5.74, 6) is 3.75. The predicted molar refractivity (Wildman–Crippen MR) is 103 cm³/mol. The molecule has 0 aromatic heterocycles. The van der Waals surface area contributed by atoms with Gasteiger partial charge in [0.15, 0.2) is 23.0 Å². The van der Waals surface area contributed by atoms with Crippen LogP contribution in [-0.2, 0) is 12.8 Å². The number of hydrogen-bond acceptors (Lipinski definition) is 6. The summed E-state index contributed by atoms with van der Waals surface area (Å²) in [6.07, 6.45) is 1.79. The number of hydrogen-bond donors (Lipinski definition) is 1. The summed E-state index contributed by atoms with van der Waals surface area (Å²) in [4.78, 5) is 0. The highest BCUT2D eigenvalue weighted by Crippen LogP contribution is 2.57. The Morgan fingerprint density at radius 1 is 1.00 bits per heavy atom. The molecule has 0 spiro atoms. The Labute approximate surface area is 164 Å². The lowest BCUT2D eigenvalue weighted by Crippen LogP contribution is -2.34. The molecule has 2 heterocycles. The van der Waals surface area contributed by atoms with E-state index in [1.807, 2.05) is 6.07 Å². The van der Waals surface area contributed by atoms with Crippen LogP contribution in [0, 0.1) is 0 Å². The van der Waals surface area contributed by atoms with E-state index in [1.165, 1.54) is 16.7 Å². The molecule has 1 unspecified atom stereocenters. The molecule has 6 nitrogen and oxygen atoms in total. The van der Waals surface area contributed by atoms with Crippen molar-refractivity contribution in [2.75, 3.05) is 34.7 Å². The van der Waals surface area contributed by atoms with Gasteiger partial charge in [-0.15, -0.1) is 12.4 Å². The van der Waals surface area contributed by atoms with Gasteiger partial charge in [-0.1, -0.05) is 0 Å². The fourth-order valence-corrected chi connectivity index (χ4v) is 4.47. The first-order chi connectivity index (χ1) is 12.8. The Hall–Kier alpha value is -2.31. The van der Waals surface area contributed by atoms with Gasteiger partial charge >= 0.3 is 0 Å². The zero-order valence-corrected chi connectivity index (χ0v) is 16.3. The van der Waals surface area contributed by atoms with Gasteiger partial charge in [-0.25, -0.2) is 0 Å². The maximum absolute atomic E-state index is 5.90. The van der Waals surface area contributed by atoms with Crippen LogP contribution in [0.5, 0.6) is 28.7 Å². The largest absolute Gasteiger partial charge is 0.493 e. The van der Waals surface area contributed by atoms with Gasteiger partial charge in [0.1, 0.15) is 0 Å². The van der Waals surface area contributed by atoms with E-state index in [9.17, 15) is 0 Å². The van der Waals surface area contributed by atoms with Gasteiger partial charge in [0.05, 0.1) is 21.3 Å². The van der Waals surface area contributed by atoms with E-state index < -0.39 is 0 Å². The van der Waals surface area contributed by atoms with E-state index >= 15 is 0 Å². The first-order valence-electron chi connectivity index (χ1n) is 8.77. The van der Waals surface area contributed by atoms with Gasteiger partial charge in [-0.2, -0.15) is 0 Å². The quantitative estimate of drug-likeness (QED) is 0.866. The highest BCUT2D eigenvalue weighted by atomic mass is 35.5. The van der Waals surface area contributed by atoms with Gasteiger partial charge in [0.25, 0.3) is 0 Å². The minimum Gasteiger partial charge on any atom is -0.493 e. The molecule has 0 amide bonds. The second-order valence-corrected chi connectivity index (χ2v) is 6.69. The summed E-state index contributed by atoms with van der Waals surface area (Å²) < 4.78 is 28.4. The fourth-order valence-electron chi connectivity index (χ4n) is 4.47. The Bertz CT molecular complexity index is 914. The first-order valence-corrected chi connectivity index (χ1v) is 8.77. The summed E-state index contributed by atoms with van der Waals surface area (Å²) >= 11 is 0. The molecule has 144 valence electrons. The summed E-state index contributed by atoms with van der Waals surface area (Å²) in [6, 6.07) is 4.34. The number of benzene rings is 2. The van der Waals surface area contributed by atoms with Crippen LogP contribution in [0.15, 0.2) is 12.1 Å². The van der Waals surface area contributed by atoms with E-state index in [-0.39, 0.29) is 25.2 Å². The minimum absolute atomic E-state index is 0. The van der Waals surface area contributed by atoms with Gasteiger partial charge < -0.3 is 29.0 Å². The number of ether oxygens (including phenoxy) is 5. The van der Waals surface area contributed by atoms with Gasteiger partial charge in [-0.05, 0) is 48.2 Å². The van der Waals surface area contributed by atoms with Crippen molar-refractivity contribution in [3.8, 4) is 39.9 Å². The Morgan fingerprint density at radius 2 is 1.74 bits per heavy atom. The molecule has 2 aliphatic heterocycles. The standard InChI is InChI=1S/C20H21NO5.ClH/c1-22-14-7-10-6-13-16-11(4-5-21-13)18(24-3)20-19(25-9-26-20)17(16)12(10)8-15(14)23-2;/h7-8,13,21H,4-6,9H2,1-3H3;1H. The van der Waals surface area contributed by atoms with Crippen LogP contribution in [0.2, 0.25) is 0 Å². The monoisotopic (exact) mass is 391 g/mol. The Morgan fingerprint density at radius 3 is 2.48 bits per heavy atom. The highest BCUT2D eigenvalue weighted by Gasteiger charge is 2.39. The van der Waals surface area contributed by atoms with Crippen LogP contribution in [0.1, 0.15) is 22.7 Å². The van der Waals surface area contributed by atoms with Crippen molar-refractivity contribution in [3.63, 3.8) is 0 Å². The topological polar surface area (TPSA) is 58.2 Å². The number of nitrogens with one attached hydrogen (secondary N) is 1. The molecule has 0 saturated heterocycles. The number of fused-ring (bicyclic) bond motifs is 4. The Balaban J connectivity index is 0.00000180. The lowest BCUT2D eigenvalue weighted by molar-refractivity contribution is 0.171.